The van der Waals surface area contributed by atoms with Crippen molar-refractivity contribution in [3.63, 3.8) is 0 Å². The average molecular weight is 512 g/mol. The van der Waals surface area contributed by atoms with Gasteiger partial charge < -0.3 is 14.0 Å². The van der Waals surface area contributed by atoms with Gasteiger partial charge in [0.15, 0.2) is 5.75 Å². The van der Waals surface area contributed by atoms with Crippen LogP contribution in [0.5, 0.6) is 11.5 Å². The Kier molecular flexibility index (Phi) is 5.63. The van der Waals surface area contributed by atoms with E-state index in [4.69, 9.17) is 9.47 Å². The maximum atomic E-state index is 12.7. The summed E-state index contributed by atoms with van der Waals surface area (Å²) in [6.45, 7) is 1.20. The molecule has 1 aromatic heterocycles. The molecule has 0 amide bonds. The molecule has 0 atom stereocenters. The second kappa shape index (κ2) is 7.81. The molecule has 0 aliphatic carbocycles. The van der Waals surface area contributed by atoms with Gasteiger partial charge in [0.25, 0.3) is 0 Å². The number of rotatable bonds is 4. The van der Waals surface area contributed by atoms with Crippen LogP contribution in [0.3, 0.4) is 0 Å². The summed E-state index contributed by atoms with van der Waals surface area (Å²) in [5, 5.41) is 0.0361. The molecule has 2 aromatic carbocycles. The number of carbonyl (C=O) groups is 2. The first-order valence-electron chi connectivity index (χ1n) is 7.71. The quantitative estimate of drug-likeness (QED) is 0.226. The van der Waals surface area contributed by atoms with Crippen LogP contribution >= 0.6 is 22.6 Å². The van der Waals surface area contributed by atoms with E-state index in [9.17, 15) is 22.6 Å². The lowest BCUT2D eigenvalue weighted by atomic mass is 10.2. The Morgan fingerprint density at radius 3 is 2.50 bits per heavy atom. The molecule has 144 valence electrons. The van der Waals surface area contributed by atoms with Gasteiger partial charge in [0.05, 0.1) is 8.47 Å². The third-order valence-electron chi connectivity index (χ3n) is 3.59. The highest BCUT2D eigenvalue weighted by Crippen LogP contribution is 2.35. The molecule has 0 N–H and O–H groups in total. The van der Waals surface area contributed by atoms with Crippen molar-refractivity contribution in [2.24, 2.45) is 0 Å². The van der Waals surface area contributed by atoms with E-state index in [0.29, 0.717) is 0 Å². The molecule has 3 rings (SSSR count). The molecule has 0 radical (unpaired) electrons. The second-order valence-electron chi connectivity index (χ2n) is 5.52. The summed E-state index contributed by atoms with van der Waals surface area (Å²) in [5.41, 5.74) is 0.0419. The largest absolute Gasteiger partial charge is 0.744 e. The summed E-state index contributed by atoms with van der Waals surface area (Å²) >= 11 is 1.75. The fraction of sp³-hybridized carbons (Fsp3) is 0.0556. The Balaban J connectivity index is 2.11. The molecule has 0 aliphatic rings. The zero-order valence-electron chi connectivity index (χ0n) is 14.2. The first kappa shape index (κ1) is 20.2. The van der Waals surface area contributed by atoms with E-state index in [-0.39, 0.29) is 31.5 Å². The van der Waals surface area contributed by atoms with Crippen molar-refractivity contribution in [1.82, 2.24) is 4.98 Å². The van der Waals surface area contributed by atoms with Crippen LogP contribution < -0.4 is 9.47 Å². The number of carbonyl (C=O) groups excluding carboxylic acids is 2. The highest BCUT2D eigenvalue weighted by atomic mass is 127. The van der Waals surface area contributed by atoms with Gasteiger partial charge in [-0.25, -0.2) is 13.2 Å². The molecule has 0 aliphatic heterocycles. The summed E-state index contributed by atoms with van der Waals surface area (Å²) in [6, 6.07) is 9.99. The van der Waals surface area contributed by atoms with Gasteiger partial charge in [0, 0.05) is 18.5 Å². The topological polar surface area (TPSA) is 123 Å². The number of hydrogen-bond donors (Lipinski definition) is 0. The molecule has 0 fully saturated rings. The number of benzene rings is 2. The monoisotopic (exact) mass is 512 g/mol. The van der Waals surface area contributed by atoms with Crippen molar-refractivity contribution in [3.8, 4) is 11.5 Å². The third-order valence-corrected chi connectivity index (χ3v) is 5.27. The number of esters is 2. The van der Waals surface area contributed by atoms with Crippen LogP contribution in [0.15, 0.2) is 53.6 Å². The smallest absolute Gasteiger partial charge is 0.347 e. The standard InChI is InChI=1S/C18H12INO7S/c1-10(21)26-14-7-3-2-5-11(14)18(22)27-17-13(19)9-15(28(23,24)25)12-6-4-8-20-16(12)17/h2-9H,1H3,(H,23,24,25)/p-1. The number of nitrogens with zero attached hydrogens (tertiary/aromatic N) is 1. The maximum absolute atomic E-state index is 12.7. The van der Waals surface area contributed by atoms with E-state index in [0.717, 1.165) is 6.07 Å². The number of hydrogen-bond acceptors (Lipinski definition) is 8. The van der Waals surface area contributed by atoms with Gasteiger partial charge in [-0.2, -0.15) is 0 Å². The SMILES string of the molecule is CC(=O)Oc1ccccc1C(=O)Oc1c(I)cc(S(=O)(=O)[O-])c2cccnc12. The first-order chi connectivity index (χ1) is 13.2. The van der Waals surface area contributed by atoms with Crippen molar-refractivity contribution >= 4 is 55.6 Å². The Morgan fingerprint density at radius 2 is 1.82 bits per heavy atom. The highest BCUT2D eigenvalue weighted by Gasteiger charge is 2.21. The normalized spacial score (nSPS) is 11.2. The Morgan fingerprint density at radius 1 is 1.11 bits per heavy atom. The van der Waals surface area contributed by atoms with Gasteiger partial charge in [-0.3, -0.25) is 9.78 Å². The number of fused-ring (bicyclic) bond motifs is 1. The molecule has 0 unspecified atom stereocenters. The Bertz CT molecular complexity index is 1210. The Hall–Kier alpha value is -2.57. The Labute approximate surface area is 173 Å². The minimum Gasteiger partial charge on any atom is -0.744 e. The molecule has 0 saturated heterocycles. The highest BCUT2D eigenvalue weighted by molar-refractivity contribution is 14.1. The maximum Gasteiger partial charge on any atom is 0.347 e. The summed E-state index contributed by atoms with van der Waals surface area (Å²) in [7, 11) is -4.76. The van der Waals surface area contributed by atoms with Crippen LogP contribution in [0, 0.1) is 3.57 Å². The molecule has 0 saturated carbocycles. The van der Waals surface area contributed by atoms with E-state index >= 15 is 0 Å². The molecule has 8 nitrogen and oxygen atoms in total. The van der Waals surface area contributed by atoms with Crippen LogP contribution in [0.2, 0.25) is 0 Å². The van der Waals surface area contributed by atoms with E-state index in [2.05, 4.69) is 4.98 Å². The molecule has 3 aromatic rings. The lowest BCUT2D eigenvalue weighted by Crippen LogP contribution is -2.14. The van der Waals surface area contributed by atoms with Gasteiger partial charge in [-0.05, 0) is 52.9 Å². The van der Waals surface area contributed by atoms with Gasteiger partial charge in [0.2, 0.25) is 0 Å². The van der Waals surface area contributed by atoms with Gasteiger partial charge in [-0.1, -0.05) is 12.1 Å². The lowest BCUT2D eigenvalue weighted by molar-refractivity contribution is -0.131. The van der Waals surface area contributed by atoms with E-state index in [1.165, 1.54) is 37.4 Å². The van der Waals surface area contributed by atoms with Crippen LogP contribution in [0.4, 0.5) is 0 Å². The number of para-hydroxylation sites is 1. The minimum atomic E-state index is -4.76. The fourth-order valence-corrected chi connectivity index (χ4v) is 4.07. The number of halogens is 1. The molecule has 0 spiro atoms. The van der Waals surface area contributed by atoms with Crippen LogP contribution in [0.25, 0.3) is 10.9 Å². The third kappa shape index (κ3) is 4.13. The molecular weight excluding hydrogens is 501 g/mol. The van der Waals surface area contributed by atoms with Crippen molar-refractivity contribution in [1.29, 1.82) is 0 Å². The van der Waals surface area contributed by atoms with E-state index in [1.807, 2.05) is 0 Å². The predicted molar refractivity (Wildman–Crippen MR) is 105 cm³/mol. The molecule has 1 heterocycles. The summed E-state index contributed by atoms with van der Waals surface area (Å²) < 4.78 is 45.3. The first-order valence-corrected chi connectivity index (χ1v) is 10.2. The molecular formula is C18H11INO7S-. The number of pyridine rings is 1. The van der Waals surface area contributed by atoms with Gasteiger partial charge in [0.1, 0.15) is 26.9 Å². The van der Waals surface area contributed by atoms with Gasteiger partial charge >= 0.3 is 11.9 Å². The van der Waals surface area contributed by atoms with Crippen molar-refractivity contribution in [3.05, 3.63) is 57.8 Å². The van der Waals surface area contributed by atoms with Crippen LogP contribution in [-0.2, 0) is 14.9 Å². The van der Waals surface area contributed by atoms with E-state index in [1.54, 1.807) is 34.7 Å². The second-order valence-corrected chi connectivity index (χ2v) is 8.03. The number of aromatic nitrogens is 1. The fourth-order valence-electron chi connectivity index (χ4n) is 2.49. The summed E-state index contributed by atoms with van der Waals surface area (Å²) in [5.74, 6) is -1.43. The van der Waals surface area contributed by atoms with Crippen molar-refractivity contribution in [2.45, 2.75) is 11.8 Å². The molecule has 0 bridgehead atoms. The zero-order valence-corrected chi connectivity index (χ0v) is 17.2. The summed E-state index contributed by atoms with van der Waals surface area (Å²) in [6.07, 6.45) is 1.38. The van der Waals surface area contributed by atoms with Crippen LogP contribution in [0.1, 0.15) is 17.3 Å². The van der Waals surface area contributed by atoms with Gasteiger partial charge in [-0.15, -0.1) is 0 Å². The van der Waals surface area contributed by atoms with E-state index < -0.39 is 27.0 Å². The predicted octanol–water partition coefficient (Wildman–Crippen LogP) is 2.89. The average Bonchev–Trinajstić information content (AvgIpc) is 2.62. The van der Waals surface area contributed by atoms with Crippen molar-refractivity contribution in [2.75, 3.05) is 0 Å². The molecule has 10 heteroatoms. The summed E-state index contributed by atoms with van der Waals surface area (Å²) in [4.78, 5) is 27.5. The number of ether oxygens (including phenoxy) is 2. The lowest BCUT2D eigenvalue weighted by Gasteiger charge is -2.15. The minimum absolute atomic E-state index is 0.00176. The van der Waals surface area contributed by atoms with Crippen molar-refractivity contribution < 1.29 is 32.0 Å². The zero-order chi connectivity index (χ0) is 20.5. The molecule has 28 heavy (non-hydrogen) atoms. The van der Waals surface area contributed by atoms with Crippen LogP contribution in [-0.4, -0.2) is 29.9 Å².